The van der Waals surface area contributed by atoms with Crippen molar-refractivity contribution in [3.05, 3.63) is 22.6 Å². The molecule has 2 bridgehead atoms. The van der Waals surface area contributed by atoms with Gasteiger partial charge in [-0.1, -0.05) is 11.6 Å². The number of halogens is 2. The maximum atomic E-state index is 12.6. The molecule has 2 atom stereocenters. The summed E-state index contributed by atoms with van der Waals surface area (Å²) in [4.78, 5) is 29.6. The van der Waals surface area contributed by atoms with Crippen LogP contribution in [0.15, 0.2) is 12.1 Å². The fourth-order valence-electron chi connectivity index (χ4n) is 3.87. The highest BCUT2D eigenvalue weighted by atomic mass is 35.5. The molecule has 2 aliphatic rings. The summed E-state index contributed by atoms with van der Waals surface area (Å²) in [5, 5.41) is 1.29. The second kappa shape index (κ2) is 6.63. The minimum atomic E-state index is -0.505. The molecule has 0 saturated carbocycles. The van der Waals surface area contributed by atoms with Crippen LogP contribution in [0.1, 0.15) is 33.6 Å². The Kier molecular flexibility index (Phi) is 4.55. The molecule has 0 aliphatic carbocycles. The molecule has 144 valence electrons. The molecule has 27 heavy (non-hydrogen) atoms. The molecule has 0 N–H and O–H groups in total. The van der Waals surface area contributed by atoms with Crippen LogP contribution >= 0.6 is 23.2 Å². The van der Waals surface area contributed by atoms with E-state index in [4.69, 9.17) is 27.9 Å². The second-order valence-electron chi connectivity index (χ2n) is 8.00. The van der Waals surface area contributed by atoms with Crippen LogP contribution in [0.25, 0.3) is 11.0 Å². The van der Waals surface area contributed by atoms with Crippen molar-refractivity contribution in [2.45, 2.75) is 51.3 Å². The topological polar surface area (TPSA) is 71.5 Å². The molecule has 4 heterocycles. The average Bonchev–Trinajstić information content (AvgIpc) is 2.82. The van der Waals surface area contributed by atoms with Gasteiger partial charge in [0, 0.05) is 13.1 Å². The molecule has 4 rings (SSSR count). The molecule has 0 spiro atoms. The van der Waals surface area contributed by atoms with E-state index in [1.54, 1.807) is 6.07 Å². The van der Waals surface area contributed by atoms with Gasteiger partial charge in [0.1, 0.15) is 16.6 Å². The lowest BCUT2D eigenvalue weighted by molar-refractivity contribution is 0.0123. The summed E-state index contributed by atoms with van der Waals surface area (Å²) in [5.74, 6) is 0.731. The van der Waals surface area contributed by atoms with Gasteiger partial charge >= 0.3 is 6.09 Å². The lowest BCUT2D eigenvalue weighted by Gasteiger charge is -2.42. The van der Waals surface area contributed by atoms with Crippen molar-refractivity contribution in [1.82, 2.24) is 19.9 Å². The summed E-state index contributed by atoms with van der Waals surface area (Å²) < 4.78 is 5.60. The van der Waals surface area contributed by atoms with Gasteiger partial charge in [0.15, 0.2) is 5.65 Å². The van der Waals surface area contributed by atoms with E-state index >= 15 is 0 Å². The van der Waals surface area contributed by atoms with Crippen molar-refractivity contribution >= 4 is 46.1 Å². The molecule has 2 aromatic heterocycles. The van der Waals surface area contributed by atoms with Crippen LogP contribution in [0, 0.1) is 0 Å². The summed E-state index contributed by atoms with van der Waals surface area (Å²) in [6.07, 6.45) is 1.65. The predicted molar refractivity (Wildman–Crippen MR) is 104 cm³/mol. The number of rotatable bonds is 1. The summed E-state index contributed by atoms with van der Waals surface area (Å²) in [7, 11) is 0. The van der Waals surface area contributed by atoms with Gasteiger partial charge in [-0.2, -0.15) is 9.97 Å². The molecule has 2 aliphatic heterocycles. The number of aromatic nitrogens is 3. The van der Waals surface area contributed by atoms with Gasteiger partial charge in [-0.25, -0.2) is 9.78 Å². The first kappa shape index (κ1) is 18.5. The fourth-order valence-corrected chi connectivity index (χ4v) is 4.18. The summed E-state index contributed by atoms with van der Waals surface area (Å²) in [5.41, 5.74) is -0.0333. The third-order valence-electron chi connectivity index (χ3n) is 4.86. The van der Waals surface area contributed by atoms with E-state index < -0.39 is 5.60 Å². The van der Waals surface area contributed by atoms with Crippen molar-refractivity contribution in [2.24, 2.45) is 0 Å². The van der Waals surface area contributed by atoms with Crippen molar-refractivity contribution in [1.29, 1.82) is 0 Å². The Balaban J connectivity index is 1.62. The van der Waals surface area contributed by atoms with Crippen LogP contribution < -0.4 is 4.90 Å². The van der Waals surface area contributed by atoms with Gasteiger partial charge in [0.05, 0.1) is 17.5 Å². The lowest BCUT2D eigenvalue weighted by atomic mass is 10.1. The average molecular weight is 410 g/mol. The predicted octanol–water partition coefficient (Wildman–Crippen LogP) is 3.92. The van der Waals surface area contributed by atoms with Crippen molar-refractivity contribution < 1.29 is 9.53 Å². The van der Waals surface area contributed by atoms with Crippen LogP contribution in [0.4, 0.5) is 10.6 Å². The third kappa shape index (κ3) is 3.62. The summed E-state index contributed by atoms with van der Waals surface area (Å²) in [6, 6.07) is 3.75. The first-order chi connectivity index (χ1) is 12.7. The van der Waals surface area contributed by atoms with Crippen LogP contribution in [0.2, 0.25) is 10.4 Å². The Morgan fingerprint density at radius 3 is 2.41 bits per heavy atom. The minimum absolute atomic E-state index is 0.0858. The Bertz CT molecular complexity index is 882. The number of nitrogens with zero attached hydrogens (tertiary/aromatic N) is 5. The van der Waals surface area contributed by atoms with Crippen LogP contribution in [0.3, 0.4) is 0 Å². The standard InChI is InChI=1S/C18H21Cl2N5O2/c1-18(2,3)27-17(26)25-10-4-5-11(25)9-24(8-10)15-12-6-7-13(19)21-14(12)22-16(20)23-15/h6-7,10-11H,4-5,8-9H2,1-3H3. The third-order valence-corrected chi connectivity index (χ3v) is 5.24. The normalized spacial score (nSPS) is 22.4. The number of amides is 1. The Hall–Kier alpha value is -1.86. The SMILES string of the molecule is CC(C)(C)OC(=O)N1C2CCC1CN(c1nc(Cl)nc3nc(Cl)ccc13)C2. The van der Waals surface area contributed by atoms with Crippen LogP contribution in [-0.2, 0) is 4.74 Å². The van der Waals surface area contributed by atoms with Gasteiger partial charge in [-0.3, -0.25) is 4.90 Å². The van der Waals surface area contributed by atoms with Crippen molar-refractivity contribution in [3.63, 3.8) is 0 Å². The number of fused-ring (bicyclic) bond motifs is 3. The van der Waals surface area contributed by atoms with E-state index in [9.17, 15) is 4.79 Å². The van der Waals surface area contributed by atoms with Crippen LogP contribution in [0.5, 0.6) is 0 Å². The van der Waals surface area contributed by atoms with Gasteiger partial charge in [0.2, 0.25) is 5.28 Å². The fraction of sp³-hybridized carbons (Fsp3) is 0.556. The van der Waals surface area contributed by atoms with E-state index in [-0.39, 0.29) is 23.5 Å². The maximum Gasteiger partial charge on any atom is 0.410 e. The number of carbonyl (C=O) groups excluding carboxylic acids is 1. The lowest BCUT2D eigenvalue weighted by Crippen LogP contribution is -2.57. The Morgan fingerprint density at radius 2 is 1.78 bits per heavy atom. The van der Waals surface area contributed by atoms with E-state index in [1.165, 1.54) is 0 Å². The molecule has 2 aromatic rings. The highest BCUT2D eigenvalue weighted by Crippen LogP contribution is 2.35. The number of carbonyl (C=O) groups is 1. The maximum absolute atomic E-state index is 12.6. The zero-order chi connectivity index (χ0) is 19.3. The molecular formula is C18H21Cl2N5O2. The zero-order valence-electron chi connectivity index (χ0n) is 15.4. The number of hydrogen-bond donors (Lipinski definition) is 0. The molecule has 0 aromatic carbocycles. The molecule has 0 radical (unpaired) electrons. The number of piperazine rings is 1. The molecule has 7 nitrogen and oxygen atoms in total. The second-order valence-corrected chi connectivity index (χ2v) is 8.72. The number of ether oxygens (including phenoxy) is 1. The van der Waals surface area contributed by atoms with Crippen molar-refractivity contribution in [2.75, 3.05) is 18.0 Å². The molecule has 2 unspecified atom stereocenters. The molecular weight excluding hydrogens is 389 g/mol. The number of hydrogen-bond acceptors (Lipinski definition) is 6. The summed E-state index contributed by atoms with van der Waals surface area (Å²) >= 11 is 12.1. The first-order valence-electron chi connectivity index (χ1n) is 8.97. The Labute approximate surface area is 167 Å². The number of anilines is 1. The van der Waals surface area contributed by atoms with E-state index in [2.05, 4.69) is 19.9 Å². The van der Waals surface area contributed by atoms with Gasteiger partial charge in [-0.05, 0) is 57.3 Å². The monoisotopic (exact) mass is 409 g/mol. The zero-order valence-corrected chi connectivity index (χ0v) is 17.0. The molecule has 1 amide bonds. The van der Waals surface area contributed by atoms with E-state index in [1.807, 2.05) is 31.7 Å². The van der Waals surface area contributed by atoms with Gasteiger partial charge in [-0.15, -0.1) is 0 Å². The highest BCUT2D eigenvalue weighted by Gasteiger charge is 2.44. The van der Waals surface area contributed by atoms with Crippen LogP contribution in [-0.4, -0.2) is 56.7 Å². The van der Waals surface area contributed by atoms with E-state index in [0.717, 1.165) is 24.0 Å². The molecule has 9 heteroatoms. The molecule has 2 saturated heterocycles. The van der Waals surface area contributed by atoms with Crippen molar-refractivity contribution in [3.8, 4) is 0 Å². The van der Waals surface area contributed by atoms with Gasteiger partial charge in [0.25, 0.3) is 0 Å². The Morgan fingerprint density at radius 1 is 1.11 bits per heavy atom. The summed E-state index contributed by atoms with van der Waals surface area (Å²) in [6.45, 7) is 6.99. The van der Waals surface area contributed by atoms with E-state index in [0.29, 0.717) is 23.9 Å². The first-order valence-corrected chi connectivity index (χ1v) is 9.73. The smallest absolute Gasteiger partial charge is 0.410 e. The van der Waals surface area contributed by atoms with Gasteiger partial charge < -0.3 is 9.64 Å². The quantitative estimate of drug-likeness (QED) is 0.524. The highest BCUT2D eigenvalue weighted by molar-refractivity contribution is 6.30. The molecule has 2 fully saturated rings. The largest absolute Gasteiger partial charge is 0.444 e. The minimum Gasteiger partial charge on any atom is -0.444 e. The number of pyridine rings is 1.